The van der Waals surface area contributed by atoms with Crippen molar-refractivity contribution in [1.29, 1.82) is 0 Å². The number of ether oxygens (including phenoxy) is 1. The van der Waals surface area contributed by atoms with Gasteiger partial charge in [-0.2, -0.15) is 15.1 Å². The summed E-state index contributed by atoms with van der Waals surface area (Å²) in [5.41, 5.74) is 6.15. The predicted molar refractivity (Wildman–Crippen MR) is 60.1 cm³/mol. The number of hydrogen-bond donors (Lipinski definition) is 2. The van der Waals surface area contributed by atoms with Crippen LogP contribution in [0.2, 0.25) is 0 Å². The number of nitrogens with zero attached hydrogens (tertiary/aromatic N) is 4. The summed E-state index contributed by atoms with van der Waals surface area (Å²) in [6.07, 6.45) is 1.62. The van der Waals surface area contributed by atoms with Crippen molar-refractivity contribution in [2.75, 3.05) is 33.0 Å². The van der Waals surface area contributed by atoms with Crippen LogP contribution < -0.4 is 10.5 Å². The smallest absolute Gasteiger partial charge is 0.229 e. The molecule has 0 saturated carbocycles. The molecule has 0 saturated heterocycles. The number of hydrogen-bond acceptors (Lipinski definition) is 6. The van der Waals surface area contributed by atoms with Crippen molar-refractivity contribution in [3.8, 4) is 5.88 Å². The molecular formula is C9H14N6O. The van der Waals surface area contributed by atoms with Gasteiger partial charge in [-0.05, 0) is 14.1 Å². The van der Waals surface area contributed by atoms with E-state index in [1.807, 2.05) is 19.0 Å². The number of aromatic nitrogens is 4. The maximum Gasteiger partial charge on any atom is 0.229 e. The van der Waals surface area contributed by atoms with Gasteiger partial charge in [-0.1, -0.05) is 0 Å². The molecule has 2 aromatic rings. The Morgan fingerprint density at radius 2 is 2.25 bits per heavy atom. The molecule has 7 nitrogen and oxygen atoms in total. The van der Waals surface area contributed by atoms with Crippen LogP contribution in [-0.4, -0.2) is 52.3 Å². The molecule has 0 fully saturated rings. The molecule has 0 amide bonds. The van der Waals surface area contributed by atoms with E-state index >= 15 is 0 Å². The Hall–Kier alpha value is -1.89. The van der Waals surface area contributed by atoms with Gasteiger partial charge in [-0.15, -0.1) is 0 Å². The first-order chi connectivity index (χ1) is 7.66. The number of nitrogens with two attached hydrogens (primary N) is 1. The molecule has 2 aromatic heterocycles. The molecule has 0 spiro atoms. The Morgan fingerprint density at radius 3 is 3.00 bits per heavy atom. The minimum atomic E-state index is 0.177. The molecule has 0 radical (unpaired) electrons. The average molecular weight is 222 g/mol. The molecule has 0 bridgehead atoms. The molecule has 3 N–H and O–H groups in total. The standard InChI is InChI=1S/C9H14N6O/c1-15(2)3-4-16-8-6-5-11-14-7(6)12-9(10)13-8/h5H,3-4H2,1-2H3,(H3,10,11,12,13,14). The Bertz CT molecular complexity index is 480. The predicted octanol–water partition coefficient (Wildman–Crippen LogP) is -0.124. The highest BCUT2D eigenvalue weighted by Gasteiger charge is 2.08. The summed E-state index contributed by atoms with van der Waals surface area (Å²) >= 11 is 0. The third kappa shape index (κ3) is 2.19. The van der Waals surface area contributed by atoms with E-state index in [9.17, 15) is 0 Å². The Labute approximate surface area is 92.6 Å². The zero-order chi connectivity index (χ0) is 11.5. The van der Waals surface area contributed by atoms with Gasteiger partial charge in [0.05, 0.1) is 6.20 Å². The van der Waals surface area contributed by atoms with Gasteiger partial charge in [0.1, 0.15) is 12.0 Å². The monoisotopic (exact) mass is 222 g/mol. The molecule has 0 aliphatic rings. The van der Waals surface area contributed by atoms with Gasteiger partial charge >= 0.3 is 0 Å². The quantitative estimate of drug-likeness (QED) is 0.749. The first kappa shape index (κ1) is 10.6. The average Bonchev–Trinajstić information content (AvgIpc) is 2.64. The molecule has 2 rings (SSSR count). The molecule has 0 unspecified atom stereocenters. The van der Waals surface area contributed by atoms with Gasteiger partial charge in [0.15, 0.2) is 5.65 Å². The van der Waals surface area contributed by atoms with E-state index in [4.69, 9.17) is 10.5 Å². The Balaban J connectivity index is 2.19. The van der Waals surface area contributed by atoms with E-state index in [1.54, 1.807) is 6.20 Å². The van der Waals surface area contributed by atoms with Gasteiger partial charge in [-0.3, -0.25) is 5.10 Å². The van der Waals surface area contributed by atoms with Gasteiger partial charge in [0.25, 0.3) is 0 Å². The number of H-pyrrole nitrogens is 1. The summed E-state index contributed by atoms with van der Waals surface area (Å²) in [6, 6.07) is 0. The molecule has 0 aliphatic heterocycles. The normalized spacial score (nSPS) is 11.2. The maximum atomic E-state index is 5.55. The molecule has 7 heteroatoms. The second kappa shape index (κ2) is 4.31. The van der Waals surface area contributed by atoms with Crippen molar-refractivity contribution in [2.45, 2.75) is 0 Å². The highest BCUT2D eigenvalue weighted by Crippen LogP contribution is 2.20. The Morgan fingerprint density at radius 1 is 1.44 bits per heavy atom. The third-order valence-electron chi connectivity index (χ3n) is 2.07. The molecule has 2 heterocycles. The van der Waals surface area contributed by atoms with Crippen LogP contribution in [0.5, 0.6) is 5.88 Å². The summed E-state index contributed by atoms with van der Waals surface area (Å²) in [5.74, 6) is 0.648. The zero-order valence-corrected chi connectivity index (χ0v) is 9.27. The number of anilines is 1. The lowest BCUT2D eigenvalue weighted by Crippen LogP contribution is -2.19. The SMILES string of the molecule is CN(C)CCOc1nc(N)nc2[nH]ncc12. The lowest BCUT2D eigenvalue weighted by atomic mass is 10.4. The summed E-state index contributed by atoms with van der Waals surface area (Å²) < 4.78 is 5.54. The van der Waals surface area contributed by atoms with E-state index in [2.05, 4.69) is 20.2 Å². The van der Waals surface area contributed by atoms with Gasteiger partial charge < -0.3 is 15.4 Å². The van der Waals surface area contributed by atoms with E-state index < -0.39 is 0 Å². The van der Waals surface area contributed by atoms with Crippen LogP contribution in [0.3, 0.4) is 0 Å². The van der Waals surface area contributed by atoms with E-state index in [-0.39, 0.29) is 5.95 Å². The van der Waals surface area contributed by atoms with Crippen LogP contribution in [0.1, 0.15) is 0 Å². The minimum Gasteiger partial charge on any atom is -0.476 e. The van der Waals surface area contributed by atoms with E-state index in [1.165, 1.54) is 0 Å². The van der Waals surface area contributed by atoms with Crippen LogP contribution >= 0.6 is 0 Å². The number of nitrogens with one attached hydrogen (secondary N) is 1. The number of likely N-dealkylation sites (N-methyl/N-ethyl adjacent to an activating group) is 1. The van der Waals surface area contributed by atoms with Crippen LogP contribution in [0.25, 0.3) is 11.0 Å². The van der Waals surface area contributed by atoms with Gasteiger partial charge in [-0.25, -0.2) is 0 Å². The van der Waals surface area contributed by atoms with Crippen molar-refractivity contribution in [1.82, 2.24) is 25.1 Å². The largest absolute Gasteiger partial charge is 0.476 e. The molecule has 16 heavy (non-hydrogen) atoms. The number of aromatic amines is 1. The van der Waals surface area contributed by atoms with E-state index in [0.29, 0.717) is 18.1 Å². The Kier molecular flexibility index (Phi) is 2.86. The molecule has 86 valence electrons. The van der Waals surface area contributed by atoms with Crippen molar-refractivity contribution in [2.24, 2.45) is 0 Å². The van der Waals surface area contributed by atoms with Crippen LogP contribution in [0, 0.1) is 0 Å². The molecule has 0 aliphatic carbocycles. The number of rotatable bonds is 4. The first-order valence-electron chi connectivity index (χ1n) is 4.91. The minimum absolute atomic E-state index is 0.177. The van der Waals surface area contributed by atoms with Gasteiger partial charge in [0.2, 0.25) is 11.8 Å². The second-order valence-electron chi connectivity index (χ2n) is 3.67. The fourth-order valence-electron chi connectivity index (χ4n) is 1.26. The highest BCUT2D eigenvalue weighted by atomic mass is 16.5. The summed E-state index contributed by atoms with van der Waals surface area (Å²) in [5, 5.41) is 7.34. The summed E-state index contributed by atoms with van der Waals surface area (Å²) in [4.78, 5) is 10.1. The first-order valence-corrected chi connectivity index (χ1v) is 4.91. The van der Waals surface area contributed by atoms with Crippen molar-refractivity contribution in [3.63, 3.8) is 0 Å². The van der Waals surface area contributed by atoms with Crippen molar-refractivity contribution in [3.05, 3.63) is 6.20 Å². The summed E-state index contributed by atoms with van der Waals surface area (Å²) in [7, 11) is 3.95. The number of nitrogen functional groups attached to an aromatic ring is 1. The van der Waals surface area contributed by atoms with E-state index in [0.717, 1.165) is 11.9 Å². The van der Waals surface area contributed by atoms with Crippen LogP contribution in [-0.2, 0) is 0 Å². The number of fused-ring (bicyclic) bond motifs is 1. The molecule has 0 aromatic carbocycles. The topological polar surface area (TPSA) is 93.0 Å². The zero-order valence-electron chi connectivity index (χ0n) is 9.27. The second-order valence-corrected chi connectivity index (χ2v) is 3.67. The third-order valence-corrected chi connectivity index (χ3v) is 2.07. The van der Waals surface area contributed by atoms with Crippen molar-refractivity contribution >= 4 is 17.0 Å². The molecular weight excluding hydrogens is 208 g/mol. The summed E-state index contributed by atoms with van der Waals surface area (Å²) in [6.45, 7) is 1.35. The molecule has 0 atom stereocenters. The lowest BCUT2D eigenvalue weighted by molar-refractivity contribution is 0.256. The van der Waals surface area contributed by atoms with Crippen LogP contribution in [0.4, 0.5) is 5.95 Å². The van der Waals surface area contributed by atoms with Gasteiger partial charge in [0, 0.05) is 6.54 Å². The highest BCUT2D eigenvalue weighted by molar-refractivity contribution is 5.80. The fraction of sp³-hybridized carbons (Fsp3) is 0.444. The maximum absolute atomic E-state index is 5.55. The van der Waals surface area contributed by atoms with Crippen molar-refractivity contribution < 1.29 is 4.74 Å². The lowest BCUT2D eigenvalue weighted by Gasteiger charge is -2.10. The fourth-order valence-corrected chi connectivity index (χ4v) is 1.26. The van der Waals surface area contributed by atoms with Crippen LogP contribution in [0.15, 0.2) is 6.20 Å².